The van der Waals surface area contributed by atoms with Crippen LogP contribution in [0.25, 0.3) is 0 Å². The third kappa shape index (κ3) is 1.82. The lowest BCUT2D eigenvalue weighted by atomic mass is 9.78. The van der Waals surface area contributed by atoms with E-state index in [1.54, 1.807) is 6.20 Å². The van der Waals surface area contributed by atoms with Crippen LogP contribution in [0.2, 0.25) is 0 Å². The summed E-state index contributed by atoms with van der Waals surface area (Å²) in [4.78, 5) is 8.04. The molecule has 0 aromatic carbocycles. The molecule has 2 rings (SSSR count). The third-order valence-electron chi connectivity index (χ3n) is 2.64. The van der Waals surface area contributed by atoms with Gasteiger partial charge in [0.05, 0.1) is 4.47 Å². The molecule has 1 aliphatic carbocycles. The maximum atomic E-state index is 5.52. The summed E-state index contributed by atoms with van der Waals surface area (Å²) < 4.78 is 0.861. The Morgan fingerprint density at radius 3 is 2.86 bits per heavy atom. The van der Waals surface area contributed by atoms with E-state index in [4.69, 9.17) is 5.73 Å². The van der Waals surface area contributed by atoms with Gasteiger partial charge in [0.2, 0.25) is 5.95 Å². The summed E-state index contributed by atoms with van der Waals surface area (Å²) in [5, 5.41) is 3.39. The van der Waals surface area contributed by atoms with E-state index < -0.39 is 0 Å². The van der Waals surface area contributed by atoms with E-state index in [9.17, 15) is 0 Å². The Morgan fingerprint density at radius 2 is 2.29 bits per heavy atom. The van der Waals surface area contributed by atoms with Crippen LogP contribution in [-0.4, -0.2) is 15.5 Å². The molecule has 5 heteroatoms. The standard InChI is InChI=1S/C9H13BrN4/c1-9(3-2-4-9)14-7-6(10)5-12-8(11)13-7/h5H,2-4H2,1H3,(H3,11,12,13,14). The quantitative estimate of drug-likeness (QED) is 0.852. The third-order valence-corrected chi connectivity index (χ3v) is 3.22. The van der Waals surface area contributed by atoms with Crippen molar-refractivity contribution in [2.24, 2.45) is 0 Å². The molecule has 3 N–H and O–H groups in total. The molecule has 0 aliphatic heterocycles. The van der Waals surface area contributed by atoms with Crippen LogP contribution >= 0.6 is 15.9 Å². The first-order chi connectivity index (χ1) is 6.59. The number of halogens is 1. The number of anilines is 2. The van der Waals surface area contributed by atoms with Crippen molar-refractivity contribution in [3.05, 3.63) is 10.7 Å². The highest BCUT2D eigenvalue weighted by Gasteiger charge is 2.32. The summed E-state index contributed by atoms with van der Waals surface area (Å²) >= 11 is 3.39. The van der Waals surface area contributed by atoms with Gasteiger partial charge in [-0.05, 0) is 42.1 Å². The van der Waals surface area contributed by atoms with Crippen LogP contribution in [0.5, 0.6) is 0 Å². The number of hydrogen-bond acceptors (Lipinski definition) is 4. The Labute approximate surface area is 91.4 Å². The Balaban J connectivity index is 2.19. The van der Waals surface area contributed by atoms with Crippen molar-refractivity contribution in [1.82, 2.24) is 9.97 Å². The minimum Gasteiger partial charge on any atom is -0.368 e. The van der Waals surface area contributed by atoms with Gasteiger partial charge < -0.3 is 11.1 Å². The highest BCUT2D eigenvalue weighted by atomic mass is 79.9. The van der Waals surface area contributed by atoms with Gasteiger partial charge in [0.1, 0.15) is 5.82 Å². The molecule has 76 valence electrons. The van der Waals surface area contributed by atoms with Gasteiger partial charge in [0.25, 0.3) is 0 Å². The van der Waals surface area contributed by atoms with Crippen molar-refractivity contribution in [1.29, 1.82) is 0 Å². The monoisotopic (exact) mass is 256 g/mol. The number of hydrogen-bond donors (Lipinski definition) is 2. The molecular formula is C9H13BrN4. The van der Waals surface area contributed by atoms with Crippen molar-refractivity contribution in [3.8, 4) is 0 Å². The molecule has 0 bridgehead atoms. The number of nitrogens with two attached hydrogens (primary N) is 1. The minimum atomic E-state index is 0.184. The SMILES string of the molecule is CC1(Nc2nc(N)ncc2Br)CCC1. The van der Waals surface area contributed by atoms with Gasteiger partial charge in [-0.2, -0.15) is 4.98 Å². The van der Waals surface area contributed by atoms with Crippen molar-refractivity contribution >= 4 is 27.7 Å². The second-order valence-corrected chi connectivity index (χ2v) is 4.82. The average Bonchev–Trinajstić information content (AvgIpc) is 2.09. The van der Waals surface area contributed by atoms with E-state index >= 15 is 0 Å². The topological polar surface area (TPSA) is 63.8 Å². The first-order valence-corrected chi connectivity index (χ1v) is 5.45. The van der Waals surface area contributed by atoms with E-state index in [0.717, 1.165) is 10.3 Å². The summed E-state index contributed by atoms with van der Waals surface area (Å²) in [6.45, 7) is 2.20. The lowest BCUT2D eigenvalue weighted by molar-refractivity contribution is 0.305. The van der Waals surface area contributed by atoms with Gasteiger partial charge in [-0.3, -0.25) is 0 Å². The maximum Gasteiger partial charge on any atom is 0.221 e. The molecule has 0 unspecified atom stereocenters. The molecule has 1 heterocycles. The average molecular weight is 257 g/mol. The van der Waals surface area contributed by atoms with E-state index in [-0.39, 0.29) is 5.54 Å². The van der Waals surface area contributed by atoms with E-state index in [0.29, 0.717) is 5.95 Å². The minimum absolute atomic E-state index is 0.184. The predicted molar refractivity (Wildman–Crippen MR) is 60.0 cm³/mol. The van der Waals surface area contributed by atoms with Crippen LogP contribution in [0.15, 0.2) is 10.7 Å². The largest absolute Gasteiger partial charge is 0.368 e. The summed E-state index contributed by atoms with van der Waals surface area (Å²) in [7, 11) is 0. The van der Waals surface area contributed by atoms with Gasteiger partial charge in [-0.15, -0.1) is 0 Å². The van der Waals surface area contributed by atoms with Gasteiger partial charge in [-0.25, -0.2) is 4.98 Å². The molecule has 0 radical (unpaired) electrons. The number of aromatic nitrogens is 2. The molecule has 0 saturated heterocycles. The second kappa shape index (κ2) is 3.38. The molecule has 0 spiro atoms. The molecule has 1 aromatic rings. The molecule has 4 nitrogen and oxygen atoms in total. The number of nitrogens with one attached hydrogen (secondary N) is 1. The molecule has 0 atom stereocenters. The fourth-order valence-corrected chi connectivity index (χ4v) is 1.88. The number of nitrogen functional groups attached to an aromatic ring is 1. The van der Waals surface area contributed by atoms with Crippen molar-refractivity contribution in [2.45, 2.75) is 31.7 Å². The van der Waals surface area contributed by atoms with Crippen molar-refractivity contribution in [3.63, 3.8) is 0 Å². The summed E-state index contributed by atoms with van der Waals surface area (Å²) in [6, 6.07) is 0. The zero-order valence-electron chi connectivity index (χ0n) is 8.05. The summed E-state index contributed by atoms with van der Waals surface area (Å²) in [6.07, 6.45) is 5.32. The molecule has 1 aromatic heterocycles. The Morgan fingerprint density at radius 1 is 1.57 bits per heavy atom. The van der Waals surface area contributed by atoms with Crippen LogP contribution in [0, 0.1) is 0 Å². The molecule has 0 amide bonds. The predicted octanol–water partition coefficient (Wildman–Crippen LogP) is 2.18. The first kappa shape index (κ1) is 9.71. The highest BCUT2D eigenvalue weighted by molar-refractivity contribution is 9.10. The number of rotatable bonds is 2. The van der Waals surface area contributed by atoms with Crippen LogP contribution in [0.1, 0.15) is 26.2 Å². The Bertz CT molecular complexity index is 349. The fourth-order valence-electron chi connectivity index (χ4n) is 1.59. The molecular weight excluding hydrogens is 244 g/mol. The van der Waals surface area contributed by atoms with Crippen LogP contribution < -0.4 is 11.1 Å². The number of nitrogens with zero attached hydrogens (tertiary/aromatic N) is 2. The van der Waals surface area contributed by atoms with Gasteiger partial charge >= 0.3 is 0 Å². The zero-order valence-corrected chi connectivity index (χ0v) is 9.63. The lowest BCUT2D eigenvalue weighted by Gasteiger charge is -2.39. The van der Waals surface area contributed by atoms with Crippen LogP contribution in [-0.2, 0) is 0 Å². The Kier molecular flexibility index (Phi) is 2.34. The van der Waals surface area contributed by atoms with E-state index in [2.05, 4.69) is 38.1 Å². The van der Waals surface area contributed by atoms with Gasteiger partial charge in [0, 0.05) is 11.7 Å². The molecule has 1 fully saturated rings. The second-order valence-electron chi connectivity index (χ2n) is 3.96. The smallest absolute Gasteiger partial charge is 0.221 e. The highest BCUT2D eigenvalue weighted by Crippen LogP contribution is 2.35. The molecule has 1 saturated carbocycles. The lowest BCUT2D eigenvalue weighted by Crippen LogP contribution is -2.42. The summed E-state index contributed by atoms with van der Waals surface area (Å²) in [5.41, 5.74) is 5.71. The van der Waals surface area contributed by atoms with E-state index in [1.165, 1.54) is 19.3 Å². The molecule has 14 heavy (non-hydrogen) atoms. The summed E-state index contributed by atoms with van der Waals surface area (Å²) in [5.74, 6) is 1.10. The normalized spacial score (nSPS) is 18.7. The van der Waals surface area contributed by atoms with Crippen LogP contribution in [0.3, 0.4) is 0 Å². The fraction of sp³-hybridized carbons (Fsp3) is 0.556. The first-order valence-electron chi connectivity index (χ1n) is 4.65. The molecule has 1 aliphatic rings. The van der Waals surface area contributed by atoms with Gasteiger partial charge in [-0.1, -0.05) is 0 Å². The maximum absolute atomic E-state index is 5.52. The zero-order chi connectivity index (χ0) is 10.2. The van der Waals surface area contributed by atoms with Gasteiger partial charge in [0.15, 0.2) is 0 Å². The van der Waals surface area contributed by atoms with Crippen LogP contribution in [0.4, 0.5) is 11.8 Å². The van der Waals surface area contributed by atoms with Crippen molar-refractivity contribution in [2.75, 3.05) is 11.1 Å². The van der Waals surface area contributed by atoms with Crippen molar-refractivity contribution < 1.29 is 0 Å². The Hall–Kier alpha value is -0.840. The van der Waals surface area contributed by atoms with E-state index in [1.807, 2.05) is 0 Å².